The van der Waals surface area contributed by atoms with Crippen molar-refractivity contribution in [1.82, 2.24) is 10.7 Å². The van der Waals surface area contributed by atoms with Crippen LogP contribution in [0, 0.1) is 20.2 Å². The summed E-state index contributed by atoms with van der Waals surface area (Å²) in [5, 5.41) is 18.4. The van der Waals surface area contributed by atoms with Crippen LogP contribution in [-0.2, 0) is 4.74 Å². The average molecular weight is 339 g/mol. The Labute approximate surface area is 116 Å². The number of azide groups is 1. The lowest BCUT2D eigenvalue weighted by atomic mass is 10.2. The van der Waals surface area contributed by atoms with Crippen LogP contribution in [0.4, 0.5) is 22.3 Å². The molecule has 0 rings (SSSR count). The molecule has 0 saturated carbocycles. The minimum absolute atomic E-state index is 0.0947. The Morgan fingerprint density at radius 3 is 1.91 bits per heavy atom. The highest BCUT2D eigenvalue weighted by molar-refractivity contribution is 4.87. The van der Waals surface area contributed by atoms with Crippen LogP contribution < -0.4 is 0 Å². The maximum absolute atomic E-state index is 12.7. The first-order valence-corrected chi connectivity index (χ1v) is 4.81. The van der Waals surface area contributed by atoms with E-state index in [0.717, 1.165) is 0 Å². The van der Waals surface area contributed by atoms with E-state index in [9.17, 15) is 42.5 Å². The maximum Gasteiger partial charge on any atom is 0.576 e. The van der Waals surface area contributed by atoms with Crippen LogP contribution in [0.2, 0.25) is 0 Å². The molecule has 0 aliphatic rings. The topological polar surface area (TPSA) is 151 Å². The lowest BCUT2D eigenvalue weighted by Crippen LogP contribution is -2.63. The second-order valence-corrected chi connectivity index (χ2v) is 3.60. The van der Waals surface area contributed by atoms with Gasteiger partial charge in [0.05, 0.1) is 10.7 Å². The quantitative estimate of drug-likeness (QED) is 0.0905. The van der Waals surface area contributed by atoms with Gasteiger partial charge in [0.2, 0.25) is 0 Å². The molecule has 0 N–H and O–H groups in total. The van der Waals surface area contributed by atoms with Crippen molar-refractivity contribution < 1.29 is 36.9 Å². The van der Waals surface area contributed by atoms with Crippen LogP contribution >= 0.6 is 0 Å². The molecule has 0 fully saturated rings. The molecule has 126 valence electrons. The molecular formula is C5H6F5N7O5. The standard InChI is InChI=1S/C5H6F5N7O5/c1-4(16(18)19,17(20)21)22-3(12-13-11)5(2-6,14(7)8)15(9)10/h3H,2H2,1H3. The normalized spacial score (nSPS) is 13.8. The SMILES string of the molecule is CC(OC(N=[N+]=[N-])C(CF)(N(F)F)N(F)F)([N+](=O)[O-])[N+](=O)[O-]. The highest BCUT2D eigenvalue weighted by Gasteiger charge is 2.63. The zero-order valence-corrected chi connectivity index (χ0v) is 10.3. The number of hydrogen-bond donors (Lipinski definition) is 0. The summed E-state index contributed by atoms with van der Waals surface area (Å²) in [7, 11) is 0. The molecule has 0 aromatic heterocycles. The lowest BCUT2D eigenvalue weighted by molar-refractivity contribution is -0.849. The van der Waals surface area contributed by atoms with Crippen LogP contribution in [-0.4, -0.2) is 44.9 Å². The summed E-state index contributed by atoms with van der Waals surface area (Å²) in [4.78, 5) is 19.4. The van der Waals surface area contributed by atoms with Gasteiger partial charge in [-0.25, -0.2) is 9.13 Å². The Morgan fingerprint density at radius 2 is 1.68 bits per heavy atom. The van der Waals surface area contributed by atoms with E-state index in [1.54, 1.807) is 4.91 Å². The number of rotatable bonds is 9. The summed E-state index contributed by atoms with van der Waals surface area (Å²) in [5.74, 6) is -3.76. The van der Waals surface area contributed by atoms with E-state index in [1.165, 1.54) is 0 Å². The van der Waals surface area contributed by atoms with Gasteiger partial charge in [0.25, 0.3) is 5.66 Å². The van der Waals surface area contributed by atoms with Crippen molar-refractivity contribution in [3.63, 3.8) is 0 Å². The van der Waals surface area contributed by atoms with Crippen molar-refractivity contribution in [2.24, 2.45) is 5.11 Å². The van der Waals surface area contributed by atoms with E-state index in [1.807, 2.05) is 0 Å². The van der Waals surface area contributed by atoms with Gasteiger partial charge in [0.15, 0.2) is 6.23 Å². The van der Waals surface area contributed by atoms with Crippen molar-refractivity contribution in [2.75, 3.05) is 6.67 Å². The summed E-state index contributed by atoms with van der Waals surface area (Å²) in [6, 6.07) is 0. The Kier molecular flexibility index (Phi) is 6.31. The molecule has 22 heavy (non-hydrogen) atoms. The maximum atomic E-state index is 12.7. The first-order chi connectivity index (χ1) is 10.00. The third-order valence-corrected chi connectivity index (χ3v) is 2.35. The number of alkyl halides is 1. The fraction of sp³-hybridized carbons (Fsp3) is 1.00. The highest BCUT2D eigenvalue weighted by Crippen LogP contribution is 2.33. The van der Waals surface area contributed by atoms with Gasteiger partial charge in [-0.1, -0.05) is 23.0 Å². The minimum Gasteiger partial charge on any atom is -0.256 e. The summed E-state index contributed by atoms with van der Waals surface area (Å²) < 4.78 is 67.1. The van der Waals surface area contributed by atoms with Crippen LogP contribution in [0.1, 0.15) is 6.92 Å². The summed E-state index contributed by atoms with van der Waals surface area (Å²) in [6.45, 7) is -2.57. The monoisotopic (exact) mass is 339 g/mol. The van der Waals surface area contributed by atoms with Gasteiger partial charge in [0, 0.05) is 4.91 Å². The molecule has 0 spiro atoms. The zero-order chi connectivity index (χ0) is 17.7. The number of nitro groups is 2. The first kappa shape index (κ1) is 19.6. The minimum atomic E-state index is -4.43. The molecule has 0 aliphatic heterocycles. The van der Waals surface area contributed by atoms with Gasteiger partial charge in [-0.05, 0) is 5.53 Å². The van der Waals surface area contributed by atoms with E-state index < -0.39 is 44.9 Å². The number of halogens is 5. The van der Waals surface area contributed by atoms with Crippen molar-refractivity contribution in [1.29, 1.82) is 0 Å². The van der Waals surface area contributed by atoms with Gasteiger partial charge in [-0.2, -0.15) is 0 Å². The van der Waals surface area contributed by atoms with Crippen LogP contribution in [0.5, 0.6) is 0 Å². The number of ether oxygens (including phenoxy) is 1. The summed E-state index contributed by atoms with van der Waals surface area (Å²) in [6.07, 6.45) is -3.35. The molecule has 0 saturated heterocycles. The van der Waals surface area contributed by atoms with Crippen molar-refractivity contribution in [3.05, 3.63) is 30.7 Å². The average Bonchev–Trinajstić information content (AvgIpc) is 2.38. The molecule has 0 radical (unpaired) electrons. The van der Waals surface area contributed by atoms with E-state index in [-0.39, 0.29) is 6.92 Å². The smallest absolute Gasteiger partial charge is 0.256 e. The zero-order valence-electron chi connectivity index (χ0n) is 10.3. The third-order valence-electron chi connectivity index (χ3n) is 2.35. The Bertz CT molecular complexity index is 462. The molecule has 12 nitrogen and oxygen atoms in total. The number of nitrogens with zero attached hydrogens (tertiary/aromatic N) is 7. The van der Waals surface area contributed by atoms with E-state index >= 15 is 0 Å². The largest absolute Gasteiger partial charge is 0.576 e. The molecule has 17 heteroatoms. The molecular weight excluding hydrogens is 333 g/mol. The Hall–Kier alpha value is -2.36. The predicted octanol–water partition coefficient (Wildman–Crippen LogP) is 1.67. The van der Waals surface area contributed by atoms with Crippen LogP contribution in [0.25, 0.3) is 10.4 Å². The third kappa shape index (κ3) is 3.27. The van der Waals surface area contributed by atoms with E-state index in [0.29, 0.717) is 0 Å². The molecule has 0 heterocycles. The van der Waals surface area contributed by atoms with E-state index in [4.69, 9.17) is 5.53 Å². The molecule has 0 aromatic rings. The van der Waals surface area contributed by atoms with Crippen molar-refractivity contribution in [3.8, 4) is 0 Å². The molecule has 1 atom stereocenters. The number of hydrogen-bond acceptors (Lipinski definition) is 8. The van der Waals surface area contributed by atoms with Crippen LogP contribution in [0.15, 0.2) is 5.11 Å². The van der Waals surface area contributed by atoms with Gasteiger partial charge in [0.1, 0.15) is 23.4 Å². The van der Waals surface area contributed by atoms with Crippen molar-refractivity contribution >= 4 is 0 Å². The molecule has 1 unspecified atom stereocenters. The fourth-order valence-corrected chi connectivity index (χ4v) is 1.00. The summed E-state index contributed by atoms with van der Waals surface area (Å²) >= 11 is 0. The van der Waals surface area contributed by atoms with E-state index in [2.05, 4.69) is 9.85 Å². The van der Waals surface area contributed by atoms with Gasteiger partial charge in [-0.3, -0.25) is 20.2 Å². The van der Waals surface area contributed by atoms with Gasteiger partial charge >= 0.3 is 5.85 Å². The summed E-state index contributed by atoms with van der Waals surface area (Å²) in [5.41, 5.74) is 3.69. The van der Waals surface area contributed by atoms with Crippen molar-refractivity contribution in [2.45, 2.75) is 24.7 Å². The Balaban J connectivity index is 6.06. The lowest BCUT2D eigenvalue weighted by Gasteiger charge is -2.34. The van der Waals surface area contributed by atoms with Gasteiger partial charge < -0.3 is 0 Å². The fourth-order valence-electron chi connectivity index (χ4n) is 1.00. The highest BCUT2D eigenvalue weighted by atomic mass is 19.4. The predicted molar refractivity (Wildman–Crippen MR) is 53.2 cm³/mol. The van der Waals surface area contributed by atoms with Gasteiger partial charge in [-0.15, -0.1) is 0 Å². The Morgan fingerprint density at radius 1 is 1.27 bits per heavy atom. The second kappa shape index (κ2) is 7.07. The molecule has 0 bridgehead atoms. The molecule has 0 aliphatic carbocycles. The molecule has 0 amide bonds. The van der Waals surface area contributed by atoms with Crippen LogP contribution in [0.3, 0.4) is 0 Å². The first-order valence-electron chi connectivity index (χ1n) is 4.81. The second-order valence-electron chi connectivity index (χ2n) is 3.60. The molecule has 0 aromatic carbocycles.